The molecule has 2 aromatic rings. The molecule has 0 aliphatic carbocycles. The maximum atomic E-state index is 10.3. The SMILES string of the molecule is CCCc1ccc(Cc2ccc3c(c2)[C@]2(C[C@@H](O)[C@H](O)[C@@H](C)O2)OC3)cc1. The highest BCUT2D eigenvalue weighted by atomic mass is 16.7. The topological polar surface area (TPSA) is 58.9 Å². The maximum absolute atomic E-state index is 10.3. The summed E-state index contributed by atoms with van der Waals surface area (Å²) < 4.78 is 12.1. The highest BCUT2D eigenvalue weighted by molar-refractivity contribution is 5.40. The summed E-state index contributed by atoms with van der Waals surface area (Å²) in [6, 6.07) is 15.2. The lowest BCUT2D eigenvalue weighted by molar-refractivity contribution is -0.318. The molecule has 0 unspecified atom stereocenters. The standard InChI is InChI=1S/C23H28O4/c1-3-4-16-5-7-17(8-6-16)11-18-9-10-19-14-26-23(20(19)12-18)13-21(24)22(25)15(2)27-23/h5-10,12,15,21-22,24-25H,3-4,11,13-14H2,1-2H3/t15-,21-,22-,23-/m1/s1. The Labute approximate surface area is 160 Å². The number of hydrogen-bond donors (Lipinski definition) is 2. The zero-order valence-corrected chi connectivity index (χ0v) is 16.0. The molecule has 4 nitrogen and oxygen atoms in total. The minimum absolute atomic E-state index is 0.251. The van der Waals surface area contributed by atoms with Crippen LogP contribution in [0.1, 0.15) is 54.5 Å². The molecule has 2 heterocycles. The molecule has 0 saturated carbocycles. The third-order valence-corrected chi connectivity index (χ3v) is 5.74. The summed E-state index contributed by atoms with van der Waals surface area (Å²) in [7, 11) is 0. The van der Waals surface area contributed by atoms with Crippen LogP contribution in [0.15, 0.2) is 42.5 Å². The Balaban J connectivity index is 1.58. The maximum Gasteiger partial charge on any atom is 0.198 e. The van der Waals surface area contributed by atoms with Gasteiger partial charge in [-0.1, -0.05) is 49.7 Å². The van der Waals surface area contributed by atoms with E-state index < -0.39 is 24.1 Å². The fraction of sp³-hybridized carbons (Fsp3) is 0.478. The molecule has 1 spiro atoms. The van der Waals surface area contributed by atoms with E-state index in [9.17, 15) is 10.2 Å². The van der Waals surface area contributed by atoms with E-state index in [0.29, 0.717) is 6.61 Å². The normalized spacial score (nSPS) is 29.9. The van der Waals surface area contributed by atoms with Crippen molar-refractivity contribution in [2.75, 3.05) is 0 Å². The molecule has 0 radical (unpaired) electrons. The first-order valence-electron chi connectivity index (χ1n) is 9.89. The Morgan fingerprint density at radius 2 is 1.74 bits per heavy atom. The summed E-state index contributed by atoms with van der Waals surface area (Å²) >= 11 is 0. The van der Waals surface area contributed by atoms with Crippen molar-refractivity contribution in [3.63, 3.8) is 0 Å². The van der Waals surface area contributed by atoms with Gasteiger partial charge in [-0.15, -0.1) is 0 Å². The van der Waals surface area contributed by atoms with E-state index in [-0.39, 0.29) is 6.42 Å². The molecule has 144 valence electrons. The van der Waals surface area contributed by atoms with Crippen molar-refractivity contribution >= 4 is 0 Å². The molecule has 0 bridgehead atoms. The lowest BCUT2D eigenvalue weighted by Crippen LogP contribution is -2.52. The second-order valence-corrected chi connectivity index (χ2v) is 7.86. The fourth-order valence-electron chi connectivity index (χ4n) is 4.23. The highest BCUT2D eigenvalue weighted by Crippen LogP contribution is 2.45. The summed E-state index contributed by atoms with van der Waals surface area (Å²) in [5.74, 6) is -0.950. The van der Waals surface area contributed by atoms with Crippen molar-refractivity contribution in [1.82, 2.24) is 0 Å². The van der Waals surface area contributed by atoms with Gasteiger partial charge in [0.2, 0.25) is 0 Å². The Kier molecular flexibility index (Phi) is 5.08. The average molecular weight is 368 g/mol. The molecule has 4 heteroatoms. The van der Waals surface area contributed by atoms with Gasteiger partial charge < -0.3 is 19.7 Å². The van der Waals surface area contributed by atoms with Crippen molar-refractivity contribution in [1.29, 1.82) is 0 Å². The van der Waals surface area contributed by atoms with Gasteiger partial charge in [-0.25, -0.2) is 0 Å². The van der Waals surface area contributed by atoms with Crippen LogP contribution in [0.25, 0.3) is 0 Å². The summed E-state index contributed by atoms with van der Waals surface area (Å²) in [4.78, 5) is 0. The minimum Gasteiger partial charge on any atom is -0.390 e. The average Bonchev–Trinajstić information content (AvgIpc) is 2.99. The van der Waals surface area contributed by atoms with Crippen LogP contribution >= 0.6 is 0 Å². The molecule has 1 fully saturated rings. The van der Waals surface area contributed by atoms with Crippen LogP contribution in [0, 0.1) is 0 Å². The predicted octanol–water partition coefficient (Wildman–Crippen LogP) is 3.44. The third kappa shape index (κ3) is 3.55. The van der Waals surface area contributed by atoms with Gasteiger partial charge in [0.25, 0.3) is 0 Å². The van der Waals surface area contributed by atoms with Gasteiger partial charge in [-0.3, -0.25) is 0 Å². The Morgan fingerprint density at radius 3 is 2.44 bits per heavy atom. The molecular weight excluding hydrogens is 340 g/mol. The zero-order valence-electron chi connectivity index (χ0n) is 16.0. The van der Waals surface area contributed by atoms with Gasteiger partial charge in [0.05, 0.1) is 18.8 Å². The molecule has 2 aliphatic heterocycles. The lowest BCUT2D eigenvalue weighted by Gasteiger charge is -2.42. The molecule has 4 atom stereocenters. The molecule has 0 aromatic heterocycles. The molecule has 1 saturated heterocycles. The summed E-state index contributed by atoms with van der Waals surface area (Å²) in [5.41, 5.74) is 5.92. The van der Waals surface area contributed by atoms with E-state index in [1.54, 1.807) is 6.92 Å². The second-order valence-electron chi connectivity index (χ2n) is 7.86. The number of aryl methyl sites for hydroxylation is 1. The number of rotatable bonds is 4. The number of ether oxygens (including phenoxy) is 2. The molecule has 2 N–H and O–H groups in total. The largest absolute Gasteiger partial charge is 0.390 e. The quantitative estimate of drug-likeness (QED) is 0.868. The lowest BCUT2D eigenvalue weighted by atomic mass is 9.89. The molecule has 2 aromatic carbocycles. The van der Waals surface area contributed by atoms with Crippen LogP contribution in [0.3, 0.4) is 0 Å². The predicted molar refractivity (Wildman–Crippen MR) is 103 cm³/mol. The van der Waals surface area contributed by atoms with Crippen LogP contribution in [0.2, 0.25) is 0 Å². The third-order valence-electron chi connectivity index (χ3n) is 5.74. The van der Waals surface area contributed by atoms with E-state index >= 15 is 0 Å². The van der Waals surface area contributed by atoms with Crippen molar-refractivity contribution in [3.05, 3.63) is 70.3 Å². The summed E-state index contributed by atoms with van der Waals surface area (Å²) in [5, 5.41) is 20.3. The van der Waals surface area contributed by atoms with Crippen molar-refractivity contribution in [3.8, 4) is 0 Å². The first kappa shape index (κ1) is 18.6. The van der Waals surface area contributed by atoms with E-state index in [1.165, 1.54) is 16.7 Å². The highest BCUT2D eigenvalue weighted by Gasteiger charge is 2.50. The number of aliphatic hydroxyl groups is 2. The van der Waals surface area contributed by atoms with Crippen molar-refractivity contribution in [2.24, 2.45) is 0 Å². The Hall–Kier alpha value is -1.72. The smallest absolute Gasteiger partial charge is 0.198 e. The van der Waals surface area contributed by atoms with Crippen molar-refractivity contribution in [2.45, 2.75) is 70.2 Å². The van der Waals surface area contributed by atoms with Crippen LogP contribution in [-0.2, 0) is 34.7 Å². The molecule has 2 aliphatic rings. The van der Waals surface area contributed by atoms with Gasteiger partial charge in [-0.05, 0) is 48.1 Å². The first-order chi connectivity index (χ1) is 13.0. The Bertz CT molecular complexity index is 787. The summed E-state index contributed by atoms with van der Waals surface area (Å²) in [6.07, 6.45) is 1.16. The fourth-order valence-corrected chi connectivity index (χ4v) is 4.23. The van der Waals surface area contributed by atoms with Gasteiger partial charge in [0.15, 0.2) is 5.79 Å². The molecule has 27 heavy (non-hydrogen) atoms. The van der Waals surface area contributed by atoms with Gasteiger partial charge in [0.1, 0.15) is 6.10 Å². The molecule has 0 amide bonds. The van der Waals surface area contributed by atoms with Crippen LogP contribution in [0.4, 0.5) is 0 Å². The number of fused-ring (bicyclic) bond motifs is 2. The second kappa shape index (κ2) is 7.36. The van der Waals surface area contributed by atoms with Crippen molar-refractivity contribution < 1.29 is 19.7 Å². The Morgan fingerprint density at radius 1 is 1.04 bits per heavy atom. The van der Waals surface area contributed by atoms with E-state index in [2.05, 4.69) is 49.4 Å². The number of benzene rings is 2. The van der Waals surface area contributed by atoms with E-state index in [1.807, 2.05) is 0 Å². The monoisotopic (exact) mass is 368 g/mol. The van der Waals surface area contributed by atoms with Gasteiger partial charge in [0, 0.05) is 12.0 Å². The van der Waals surface area contributed by atoms with Gasteiger partial charge in [-0.2, -0.15) is 0 Å². The van der Waals surface area contributed by atoms with E-state index in [0.717, 1.165) is 30.4 Å². The van der Waals surface area contributed by atoms with E-state index in [4.69, 9.17) is 9.47 Å². The summed E-state index contributed by atoms with van der Waals surface area (Å²) in [6.45, 7) is 4.44. The molecule has 4 rings (SSSR count). The van der Waals surface area contributed by atoms with Crippen LogP contribution < -0.4 is 0 Å². The molecular formula is C23H28O4. The van der Waals surface area contributed by atoms with Gasteiger partial charge >= 0.3 is 0 Å². The number of aliphatic hydroxyl groups excluding tert-OH is 2. The minimum atomic E-state index is -0.950. The van der Waals surface area contributed by atoms with Crippen LogP contribution in [0.5, 0.6) is 0 Å². The number of hydrogen-bond acceptors (Lipinski definition) is 4. The van der Waals surface area contributed by atoms with Crippen LogP contribution in [-0.4, -0.2) is 28.5 Å². The zero-order chi connectivity index (χ0) is 19.0. The first-order valence-corrected chi connectivity index (χ1v) is 9.89.